The van der Waals surface area contributed by atoms with E-state index in [-0.39, 0.29) is 12.1 Å². The van der Waals surface area contributed by atoms with Gasteiger partial charge in [0.15, 0.2) is 0 Å². The number of nitriles is 1. The van der Waals surface area contributed by atoms with Crippen LogP contribution in [0.15, 0.2) is 29.1 Å². The average Bonchev–Trinajstić information content (AvgIpc) is 2.99. The van der Waals surface area contributed by atoms with Gasteiger partial charge in [-0.3, -0.25) is 14.2 Å². The third-order valence-electron chi connectivity index (χ3n) is 4.28. The van der Waals surface area contributed by atoms with E-state index >= 15 is 0 Å². The Morgan fingerprint density at radius 1 is 1.44 bits per heavy atom. The molecule has 2 heterocycles. The van der Waals surface area contributed by atoms with Crippen LogP contribution >= 0.6 is 11.3 Å². The van der Waals surface area contributed by atoms with Crippen LogP contribution < -0.4 is 11.3 Å². The third kappa shape index (κ3) is 3.60. The van der Waals surface area contributed by atoms with Gasteiger partial charge in [0.2, 0.25) is 0 Å². The van der Waals surface area contributed by atoms with Crippen molar-refractivity contribution in [3.63, 3.8) is 0 Å². The number of aromatic nitrogens is 2. The Morgan fingerprint density at radius 3 is 2.89 bits per heavy atom. The molecule has 2 aromatic heterocycles. The molecule has 138 valence electrons. The number of hydrogen-bond acceptors (Lipinski definition) is 6. The van der Waals surface area contributed by atoms with E-state index in [4.69, 9.17) is 15.7 Å². The summed E-state index contributed by atoms with van der Waals surface area (Å²) in [6.45, 7) is 2.39. The lowest BCUT2D eigenvalue weighted by Crippen LogP contribution is -2.26. The first kappa shape index (κ1) is 18.8. The Morgan fingerprint density at radius 2 is 2.22 bits per heavy atom. The molecule has 3 aromatic rings. The number of ether oxygens (including phenoxy) is 1. The monoisotopic (exact) mass is 382 g/mol. The first-order valence-electron chi connectivity index (χ1n) is 8.26. The fraction of sp³-hybridized carbons (Fsp3) is 0.263. The van der Waals surface area contributed by atoms with Crippen molar-refractivity contribution in [1.82, 2.24) is 9.55 Å². The molecule has 0 unspecified atom stereocenters. The zero-order valence-electron chi connectivity index (χ0n) is 15.0. The topological polar surface area (TPSA) is 111 Å². The van der Waals surface area contributed by atoms with Gasteiger partial charge >= 0.3 is 0 Å². The number of aryl methyl sites for hydroxylation is 1. The van der Waals surface area contributed by atoms with E-state index in [0.717, 1.165) is 16.9 Å². The summed E-state index contributed by atoms with van der Waals surface area (Å²) in [5, 5.41) is 9.50. The lowest BCUT2D eigenvalue weighted by molar-refractivity contribution is 0.100. The number of nitrogens with two attached hydrogens (primary N) is 1. The SMILES string of the molecule is COCCc1nc2sc(C(N)=O)c(C)c2c(=O)n1Cc1cccc(C#N)c1. The van der Waals surface area contributed by atoms with Crippen LogP contribution in [-0.2, 0) is 17.7 Å². The van der Waals surface area contributed by atoms with Gasteiger partial charge in [-0.1, -0.05) is 12.1 Å². The number of fused-ring (bicyclic) bond motifs is 1. The lowest BCUT2D eigenvalue weighted by Gasteiger charge is -2.13. The molecular weight excluding hydrogens is 364 g/mol. The second-order valence-corrected chi connectivity index (χ2v) is 7.07. The van der Waals surface area contributed by atoms with Crippen LogP contribution in [0.4, 0.5) is 0 Å². The predicted octanol–water partition coefficient (Wildman–Crippen LogP) is 1.97. The quantitative estimate of drug-likeness (QED) is 0.701. The molecule has 0 atom stereocenters. The molecular formula is C19H18N4O3S. The Kier molecular flexibility index (Phi) is 5.35. The number of carbonyl (C=O) groups is 1. The molecule has 0 radical (unpaired) electrons. The largest absolute Gasteiger partial charge is 0.384 e. The van der Waals surface area contributed by atoms with Gasteiger partial charge in [0.1, 0.15) is 10.7 Å². The lowest BCUT2D eigenvalue weighted by atomic mass is 10.1. The molecule has 0 spiro atoms. The summed E-state index contributed by atoms with van der Waals surface area (Å²) in [4.78, 5) is 30.3. The van der Waals surface area contributed by atoms with Crippen LogP contribution in [0.1, 0.15) is 32.2 Å². The van der Waals surface area contributed by atoms with Crippen molar-refractivity contribution in [3.8, 4) is 6.07 Å². The maximum atomic E-state index is 13.2. The summed E-state index contributed by atoms with van der Waals surface area (Å²) < 4.78 is 6.71. The van der Waals surface area contributed by atoms with E-state index in [0.29, 0.717) is 45.1 Å². The zero-order valence-corrected chi connectivity index (χ0v) is 15.8. The number of primary amides is 1. The summed E-state index contributed by atoms with van der Waals surface area (Å²) >= 11 is 1.13. The van der Waals surface area contributed by atoms with Gasteiger partial charge in [-0.05, 0) is 30.2 Å². The number of benzene rings is 1. The van der Waals surface area contributed by atoms with Crippen LogP contribution in [0.2, 0.25) is 0 Å². The average molecular weight is 382 g/mol. The van der Waals surface area contributed by atoms with Crippen LogP contribution in [0.5, 0.6) is 0 Å². The molecule has 2 N–H and O–H groups in total. The fourth-order valence-corrected chi connectivity index (χ4v) is 4.01. The van der Waals surface area contributed by atoms with Gasteiger partial charge in [-0.25, -0.2) is 4.98 Å². The van der Waals surface area contributed by atoms with Gasteiger partial charge in [0, 0.05) is 13.5 Å². The minimum absolute atomic E-state index is 0.227. The Balaban J connectivity index is 2.20. The highest BCUT2D eigenvalue weighted by atomic mass is 32.1. The fourth-order valence-electron chi connectivity index (χ4n) is 2.96. The normalized spacial score (nSPS) is 10.9. The standard InChI is InChI=1S/C19H18N4O3S/c1-11-15-18(27-16(11)17(21)24)22-14(6-7-26-2)23(19(15)25)10-13-5-3-4-12(8-13)9-20/h3-5,8H,6-7,10H2,1-2H3,(H2,21,24). The van der Waals surface area contributed by atoms with Crippen LogP contribution in [0.25, 0.3) is 10.2 Å². The van der Waals surface area contributed by atoms with Gasteiger partial charge in [0.25, 0.3) is 11.5 Å². The van der Waals surface area contributed by atoms with Gasteiger partial charge in [-0.2, -0.15) is 5.26 Å². The number of hydrogen-bond donors (Lipinski definition) is 1. The van der Waals surface area contributed by atoms with E-state index in [1.807, 2.05) is 6.07 Å². The molecule has 7 nitrogen and oxygen atoms in total. The minimum Gasteiger partial charge on any atom is -0.384 e. The first-order chi connectivity index (χ1) is 13.0. The molecule has 3 rings (SSSR count). The summed E-state index contributed by atoms with van der Waals surface area (Å²) in [5.74, 6) is -0.00408. The molecule has 0 bridgehead atoms. The van der Waals surface area contributed by atoms with Crippen LogP contribution in [0, 0.1) is 18.3 Å². The third-order valence-corrected chi connectivity index (χ3v) is 5.48. The maximum absolute atomic E-state index is 13.2. The van der Waals surface area contributed by atoms with E-state index in [1.54, 1.807) is 36.8 Å². The number of nitrogens with zero attached hydrogens (tertiary/aromatic N) is 3. The minimum atomic E-state index is -0.568. The number of carbonyl (C=O) groups excluding carboxylic acids is 1. The number of rotatable bonds is 6. The highest BCUT2D eigenvalue weighted by Gasteiger charge is 2.20. The number of methoxy groups -OCH3 is 1. The van der Waals surface area contributed by atoms with Crippen molar-refractivity contribution in [3.05, 3.63) is 62.0 Å². The molecule has 0 fully saturated rings. The maximum Gasteiger partial charge on any atom is 0.262 e. The molecule has 1 aromatic carbocycles. The van der Waals surface area contributed by atoms with E-state index in [2.05, 4.69) is 11.1 Å². The zero-order chi connectivity index (χ0) is 19.6. The van der Waals surface area contributed by atoms with E-state index < -0.39 is 5.91 Å². The molecule has 0 saturated heterocycles. The first-order valence-corrected chi connectivity index (χ1v) is 9.08. The highest BCUT2D eigenvalue weighted by molar-refractivity contribution is 7.20. The van der Waals surface area contributed by atoms with E-state index in [9.17, 15) is 9.59 Å². The van der Waals surface area contributed by atoms with Crippen molar-refractivity contribution < 1.29 is 9.53 Å². The highest BCUT2D eigenvalue weighted by Crippen LogP contribution is 2.27. The smallest absolute Gasteiger partial charge is 0.262 e. The second-order valence-electron chi connectivity index (χ2n) is 6.07. The second kappa shape index (κ2) is 7.70. The Hall–Kier alpha value is -3.02. The number of thiophene rings is 1. The number of amides is 1. The summed E-state index contributed by atoms with van der Waals surface area (Å²) in [7, 11) is 1.58. The van der Waals surface area contributed by atoms with Gasteiger partial charge in [-0.15, -0.1) is 11.3 Å². The van der Waals surface area contributed by atoms with Gasteiger partial charge in [0.05, 0.1) is 35.0 Å². The summed E-state index contributed by atoms with van der Waals surface area (Å²) in [6, 6.07) is 9.18. The van der Waals surface area contributed by atoms with Crippen LogP contribution in [0.3, 0.4) is 0 Å². The summed E-state index contributed by atoms with van der Waals surface area (Å²) in [6.07, 6.45) is 0.447. The Bertz CT molecular complexity index is 1120. The molecule has 0 aliphatic rings. The Labute approximate surface area is 159 Å². The molecule has 0 saturated carbocycles. The van der Waals surface area contributed by atoms with Crippen molar-refractivity contribution in [2.75, 3.05) is 13.7 Å². The summed E-state index contributed by atoms with van der Waals surface area (Å²) in [5.41, 5.74) is 7.09. The van der Waals surface area contributed by atoms with Crippen molar-refractivity contribution in [1.29, 1.82) is 5.26 Å². The predicted molar refractivity (Wildman–Crippen MR) is 103 cm³/mol. The van der Waals surface area contributed by atoms with E-state index in [1.165, 1.54) is 0 Å². The molecule has 1 amide bonds. The van der Waals surface area contributed by atoms with Crippen molar-refractivity contribution in [2.24, 2.45) is 5.73 Å². The van der Waals surface area contributed by atoms with Crippen molar-refractivity contribution >= 4 is 27.5 Å². The molecule has 27 heavy (non-hydrogen) atoms. The molecule has 0 aliphatic heterocycles. The molecule has 8 heteroatoms. The molecule has 0 aliphatic carbocycles. The van der Waals surface area contributed by atoms with Crippen molar-refractivity contribution in [2.45, 2.75) is 19.9 Å². The van der Waals surface area contributed by atoms with Crippen LogP contribution in [-0.4, -0.2) is 29.2 Å². The van der Waals surface area contributed by atoms with Gasteiger partial charge < -0.3 is 10.5 Å².